The molecule has 0 amide bonds. The summed E-state index contributed by atoms with van der Waals surface area (Å²) in [6.45, 7) is 1.83. The fourth-order valence-corrected chi connectivity index (χ4v) is 2.48. The van der Waals surface area contributed by atoms with Crippen LogP contribution in [0.2, 0.25) is 19.1 Å². The third-order valence-corrected chi connectivity index (χ3v) is 4.42. The lowest BCUT2D eigenvalue weighted by atomic mass is 10.0. The number of hydrogen-bond acceptors (Lipinski definition) is 2. The lowest BCUT2D eigenvalue weighted by Gasteiger charge is -2.33. The minimum absolute atomic E-state index is 0.214. The minimum Gasteiger partial charge on any atom is -0.432 e. The molecule has 140 valence electrons. The Hall–Kier alpha value is -0.493. The molecule has 0 radical (unpaired) electrons. The average Bonchev–Trinajstić information content (AvgIpc) is 2.30. The maximum Gasteiger partial charge on any atom is 0.460 e. The zero-order chi connectivity index (χ0) is 18.7. The Morgan fingerprint density at radius 3 is 1.70 bits per heavy atom. The Balaban J connectivity index is 4.58. The van der Waals surface area contributed by atoms with Gasteiger partial charge in [-0.25, -0.2) is 0 Å². The van der Waals surface area contributed by atoms with Crippen LogP contribution < -0.4 is 0 Å². The van der Waals surface area contributed by atoms with E-state index >= 15 is 0 Å². The summed E-state index contributed by atoms with van der Waals surface area (Å²) in [6.07, 6.45) is -8.58. The van der Waals surface area contributed by atoms with Crippen molar-refractivity contribution in [3.8, 4) is 0 Å². The molecule has 0 saturated carbocycles. The maximum absolute atomic E-state index is 13.1. The number of hydrogen-bond donors (Lipinski definition) is 1. The molecule has 0 aromatic rings. The van der Waals surface area contributed by atoms with Crippen LogP contribution in [0.4, 0.5) is 39.5 Å². The summed E-state index contributed by atoms with van der Waals surface area (Å²) >= 11 is 0. The molecule has 0 spiro atoms. The molecule has 0 heterocycles. The highest BCUT2D eigenvalue weighted by Gasteiger charge is 2.81. The summed E-state index contributed by atoms with van der Waals surface area (Å²) < 4.78 is 117. The van der Waals surface area contributed by atoms with Crippen LogP contribution in [0, 0.1) is 0 Å². The van der Waals surface area contributed by atoms with Gasteiger partial charge in [0.1, 0.15) is 0 Å². The molecule has 0 atom stereocenters. The van der Waals surface area contributed by atoms with Crippen LogP contribution in [0.3, 0.4) is 0 Å². The molecule has 0 aromatic carbocycles. The van der Waals surface area contributed by atoms with Gasteiger partial charge in [-0.3, -0.25) is 0 Å². The first-order valence-corrected chi connectivity index (χ1v) is 9.61. The Morgan fingerprint density at radius 2 is 1.30 bits per heavy atom. The standard InChI is InChI=1S/C11H17F9O2Si/c1-23(2,21)7-3-5-22-6-4-8(12,13)9(14,15)10(16,17)11(18,19)20/h21H,3-7H2,1-2H3. The predicted octanol–water partition coefficient (Wildman–Crippen LogP) is 4.45. The van der Waals surface area contributed by atoms with Crippen molar-refractivity contribution in [1.82, 2.24) is 0 Å². The number of alkyl halides is 9. The second-order valence-corrected chi connectivity index (χ2v) is 9.75. The van der Waals surface area contributed by atoms with E-state index in [4.69, 9.17) is 0 Å². The predicted molar refractivity (Wildman–Crippen MR) is 65.5 cm³/mol. The van der Waals surface area contributed by atoms with Crippen LogP contribution in [0.25, 0.3) is 0 Å². The second-order valence-electron chi connectivity index (χ2n) is 5.63. The van der Waals surface area contributed by atoms with Gasteiger partial charge in [-0.1, -0.05) is 0 Å². The van der Waals surface area contributed by atoms with Crippen molar-refractivity contribution in [3.63, 3.8) is 0 Å². The van der Waals surface area contributed by atoms with Gasteiger partial charge in [0.15, 0.2) is 8.32 Å². The van der Waals surface area contributed by atoms with E-state index in [1.165, 1.54) is 0 Å². The van der Waals surface area contributed by atoms with E-state index < -0.39 is 45.3 Å². The largest absolute Gasteiger partial charge is 0.460 e. The van der Waals surface area contributed by atoms with E-state index in [-0.39, 0.29) is 13.0 Å². The molecular formula is C11H17F9O2Si. The van der Waals surface area contributed by atoms with Gasteiger partial charge in [-0.15, -0.1) is 0 Å². The third-order valence-electron chi connectivity index (χ3n) is 2.85. The van der Waals surface area contributed by atoms with E-state index in [1.807, 2.05) is 0 Å². The summed E-state index contributed by atoms with van der Waals surface area (Å²) in [5.41, 5.74) is 0. The van der Waals surface area contributed by atoms with Crippen LogP contribution in [0.15, 0.2) is 0 Å². The lowest BCUT2D eigenvalue weighted by molar-refractivity contribution is -0.397. The van der Waals surface area contributed by atoms with Crippen molar-refractivity contribution in [3.05, 3.63) is 0 Å². The van der Waals surface area contributed by atoms with Gasteiger partial charge in [0.05, 0.1) is 6.61 Å². The van der Waals surface area contributed by atoms with Gasteiger partial charge >= 0.3 is 23.9 Å². The highest BCUT2D eigenvalue weighted by Crippen LogP contribution is 2.53. The van der Waals surface area contributed by atoms with Crippen LogP contribution in [-0.2, 0) is 4.74 Å². The van der Waals surface area contributed by atoms with Crippen molar-refractivity contribution in [2.75, 3.05) is 13.2 Å². The molecule has 0 fully saturated rings. The number of ether oxygens (including phenoxy) is 1. The minimum atomic E-state index is -6.87. The molecule has 0 rings (SSSR count). The Bertz CT molecular complexity index is 377. The summed E-state index contributed by atoms with van der Waals surface area (Å²) in [4.78, 5) is 9.45. The van der Waals surface area contributed by atoms with Crippen LogP contribution in [-0.4, -0.2) is 50.3 Å². The SMILES string of the molecule is C[Si](C)(O)CCCOCCC(F)(F)C(F)(F)C(F)(F)C(F)(F)F. The summed E-state index contributed by atoms with van der Waals surface area (Å²) in [7, 11) is -2.40. The average molecular weight is 380 g/mol. The molecule has 23 heavy (non-hydrogen) atoms. The maximum atomic E-state index is 13.1. The smallest absolute Gasteiger partial charge is 0.432 e. The molecule has 0 unspecified atom stereocenters. The van der Waals surface area contributed by atoms with Crippen molar-refractivity contribution in [2.24, 2.45) is 0 Å². The lowest BCUT2D eigenvalue weighted by Crippen LogP contribution is -2.61. The fourth-order valence-electron chi connectivity index (χ4n) is 1.47. The highest BCUT2D eigenvalue weighted by atomic mass is 28.4. The normalized spacial score (nSPS) is 15.1. The van der Waals surface area contributed by atoms with Gasteiger partial charge in [0.2, 0.25) is 0 Å². The van der Waals surface area contributed by atoms with Gasteiger partial charge in [0, 0.05) is 13.0 Å². The van der Waals surface area contributed by atoms with Gasteiger partial charge in [0.25, 0.3) is 0 Å². The fraction of sp³-hybridized carbons (Fsp3) is 1.00. The Labute approximate surface area is 127 Å². The van der Waals surface area contributed by atoms with Crippen molar-refractivity contribution in [1.29, 1.82) is 0 Å². The monoisotopic (exact) mass is 380 g/mol. The number of rotatable bonds is 9. The third kappa shape index (κ3) is 5.82. The van der Waals surface area contributed by atoms with Crippen LogP contribution in [0.5, 0.6) is 0 Å². The first-order valence-electron chi connectivity index (χ1n) is 6.46. The van der Waals surface area contributed by atoms with E-state index in [2.05, 4.69) is 4.74 Å². The molecule has 0 bridgehead atoms. The number of halogens is 9. The first kappa shape index (κ1) is 22.5. The first-order chi connectivity index (χ1) is 9.96. The van der Waals surface area contributed by atoms with Crippen LogP contribution in [0.1, 0.15) is 12.8 Å². The Kier molecular flexibility index (Phi) is 7.02. The summed E-state index contributed by atoms with van der Waals surface area (Å²) in [6, 6.07) is 0.325. The van der Waals surface area contributed by atoms with Crippen molar-refractivity contribution in [2.45, 2.75) is 55.9 Å². The topological polar surface area (TPSA) is 29.5 Å². The molecule has 0 aromatic heterocycles. The zero-order valence-corrected chi connectivity index (χ0v) is 13.3. The molecule has 2 nitrogen and oxygen atoms in total. The van der Waals surface area contributed by atoms with E-state index in [9.17, 15) is 44.3 Å². The Morgan fingerprint density at radius 1 is 0.826 bits per heavy atom. The zero-order valence-electron chi connectivity index (χ0n) is 12.3. The summed E-state index contributed by atoms with van der Waals surface area (Å²) in [5.74, 6) is -19.1. The van der Waals surface area contributed by atoms with E-state index in [0.29, 0.717) is 6.04 Å². The second kappa shape index (κ2) is 7.17. The van der Waals surface area contributed by atoms with Gasteiger partial charge < -0.3 is 9.53 Å². The van der Waals surface area contributed by atoms with E-state index in [1.54, 1.807) is 13.1 Å². The van der Waals surface area contributed by atoms with Gasteiger partial charge in [-0.05, 0) is 25.6 Å². The molecule has 12 heteroatoms. The molecule has 0 aliphatic rings. The quantitative estimate of drug-likeness (QED) is 0.364. The highest BCUT2D eigenvalue weighted by molar-refractivity contribution is 6.69. The molecule has 0 saturated heterocycles. The molecular weight excluding hydrogens is 363 g/mol. The van der Waals surface area contributed by atoms with Crippen molar-refractivity contribution < 1.29 is 49.0 Å². The van der Waals surface area contributed by atoms with Gasteiger partial charge in [-0.2, -0.15) is 39.5 Å². The van der Waals surface area contributed by atoms with Crippen molar-refractivity contribution >= 4 is 8.32 Å². The molecule has 1 N–H and O–H groups in total. The summed E-state index contributed by atoms with van der Waals surface area (Å²) in [5, 5.41) is 0. The van der Waals surface area contributed by atoms with Crippen LogP contribution >= 0.6 is 0 Å². The van der Waals surface area contributed by atoms with E-state index in [0.717, 1.165) is 0 Å². The molecule has 0 aliphatic heterocycles. The molecule has 0 aliphatic carbocycles.